The van der Waals surface area contributed by atoms with Gasteiger partial charge in [-0.1, -0.05) is 25.3 Å². The fourth-order valence-electron chi connectivity index (χ4n) is 2.91. The minimum absolute atomic E-state index is 0.0233. The number of thiophene rings is 1. The van der Waals surface area contributed by atoms with Crippen LogP contribution in [-0.4, -0.2) is 33.6 Å². The first-order valence-electron chi connectivity index (χ1n) is 8.06. The minimum atomic E-state index is -0.200. The smallest absolute Gasteiger partial charge is 0.320 e. The summed E-state index contributed by atoms with van der Waals surface area (Å²) in [5.74, 6) is 0.607. The molecule has 1 saturated carbocycles. The van der Waals surface area contributed by atoms with E-state index in [1.807, 2.05) is 23.6 Å². The number of nitrogens with zero attached hydrogens (tertiary/aromatic N) is 2. The highest BCUT2D eigenvalue weighted by Crippen LogP contribution is 2.26. The molecule has 6 nitrogen and oxygen atoms in total. The van der Waals surface area contributed by atoms with Gasteiger partial charge in [-0.05, 0) is 24.3 Å². The van der Waals surface area contributed by atoms with Crippen molar-refractivity contribution in [3.05, 3.63) is 23.6 Å². The van der Waals surface area contributed by atoms with Gasteiger partial charge < -0.3 is 10.4 Å². The molecule has 1 fully saturated rings. The summed E-state index contributed by atoms with van der Waals surface area (Å²) in [6, 6.07) is 5.86. The highest BCUT2D eigenvalue weighted by atomic mass is 32.1. The number of anilines is 1. The fraction of sp³-hybridized carbons (Fsp3) is 0.500. The predicted molar refractivity (Wildman–Crippen MR) is 91.7 cm³/mol. The molecule has 23 heavy (non-hydrogen) atoms. The van der Waals surface area contributed by atoms with E-state index in [0.29, 0.717) is 12.4 Å². The molecule has 0 aliphatic heterocycles. The highest BCUT2D eigenvalue weighted by molar-refractivity contribution is 7.13. The Morgan fingerprint density at radius 2 is 2.22 bits per heavy atom. The minimum Gasteiger partial charge on any atom is -0.394 e. The molecule has 0 unspecified atom stereocenters. The quantitative estimate of drug-likeness (QED) is 0.786. The molecule has 0 spiro atoms. The van der Waals surface area contributed by atoms with Crippen LogP contribution >= 0.6 is 11.3 Å². The van der Waals surface area contributed by atoms with Crippen LogP contribution in [0.1, 0.15) is 32.1 Å². The van der Waals surface area contributed by atoms with Crippen molar-refractivity contribution >= 4 is 23.2 Å². The van der Waals surface area contributed by atoms with Crippen LogP contribution in [0, 0.1) is 0 Å². The molecule has 1 aliphatic carbocycles. The lowest BCUT2D eigenvalue weighted by Crippen LogP contribution is -2.39. The van der Waals surface area contributed by atoms with Crippen molar-refractivity contribution in [2.75, 3.05) is 11.9 Å². The van der Waals surface area contributed by atoms with E-state index in [2.05, 4.69) is 15.7 Å². The third-order valence-electron chi connectivity index (χ3n) is 4.05. The summed E-state index contributed by atoms with van der Waals surface area (Å²) < 4.78 is 1.63. The van der Waals surface area contributed by atoms with Gasteiger partial charge in [0.25, 0.3) is 0 Å². The number of carbonyl (C=O) groups excluding carboxylic acids is 1. The Bertz CT molecular complexity index is 633. The number of hydrogen-bond donors (Lipinski definition) is 3. The van der Waals surface area contributed by atoms with Gasteiger partial charge in [0.1, 0.15) is 11.5 Å². The molecule has 7 heteroatoms. The Labute approximate surface area is 139 Å². The molecule has 2 aromatic rings. The maximum Gasteiger partial charge on any atom is 0.320 e. The van der Waals surface area contributed by atoms with Crippen molar-refractivity contribution in [1.82, 2.24) is 15.1 Å². The van der Waals surface area contributed by atoms with Gasteiger partial charge in [-0.3, -0.25) is 5.32 Å². The lowest BCUT2D eigenvalue weighted by atomic mass is 9.96. The molecular weight excluding hydrogens is 312 g/mol. The molecule has 3 rings (SSSR count). The van der Waals surface area contributed by atoms with Gasteiger partial charge >= 0.3 is 6.03 Å². The molecule has 2 heterocycles. The lowest BCUT2D eigenvalue weighted by Gasteiger charge is -2.22. The molecule has 0 aromatic carbocycles. The van der Waals surface area contributed by atoms with Crippen LogP contribution < -0.4 is 10.6 Å². The third-order valence-corrected chi connectivity index (χ3v) is 4.94. The zero-order valence-electron chi connectivity index (χ0n) is 13.0. The molecule has 0 bridgehead atoms. The summed E-state index contributed by atoms with van der Waals surface area (Å²) >= 11 is 1.60. The number of amides is 2. The SMILES string of the molecule is O=C(Nc1cc(-c2cccs2)nn1CCO)NC1CCCCC1. The second-order valence-corrected chi connectivity index (χ2v) is 6.72. The van der Waals surface area contributed by atoms with Crippen LogP contribution in [0.25, 0.3) is 10.6 Å². The molecular formula is C16H22N4O2S. The van der Waals surface area contributed by atoms with Crippen LogP contribution in [0.3, 0.4) is 0 Å². The van der Waals surface area contributed by atoms with Crippen molar-refractivity contribution in [3.8, 4) is 10.6 Å². The van der Waals surface area contributed by atoms with Gasteiger partial charge in [0.05, 0.1) is 18.0 Å². The molecule has 2 aromatic heterocycles. The van der Waals surface area contributed by atoms with Gasteiger partial charge in [-0.2, -0.15) is 5.10 Å². The molecule has 124 valence electrons. The molecule has 2 amide bonds. The van der Waals surface area contributed by atoms with Crippen LogP contribution in [0.4, 0.5) is 10.6 Å². The summed E-state index contributed by atoms with van der Waals surface area (Å²) in [7, 11) is 0. The van der Waals surface area contributed by atoms with Crippen LogP contribution in [0.15, 0.2) is 23.6 Å². The van der Waals surface area contributed by atoms with Gasteiger partial charge in [-0.25, -0.2) is 9.48 Å². The van der Waals surface area contributed by atoms with E-state index < -0.39 is 0 Å². The van der Waals surface area contributed by atoms with Gasteiger partial charge in [0, 0.05) is 12.1 Å². The van der Waals surface area contributed by atoms with Crippen molar-refractivity contribution in [2.24, 2.45) is 0 Å². The first-order valence-corrected chi connectivity index (χ1v) is 8.94. The first kappa shape index (κ1) is 16.0. The Hall–Kier alpha value is -1.86. The number of hydrogen-bond acceptors (Lipinski definition) is 4. The molecule has 3 N–H and O–H groups in total. The second kappa shape index (κ2) is 7.61. The fourth-order valence-corrected chi connectivity index (χ4v) is 3.59. The summed E-state index contributed by atoms with van der Waals surface area (Å²) in [5, 5.41) is 21.5. The number of aromatic nitrogens is 2. The standard InChI is InChI=1S/C16H22N4O2S/c21-9-8-20-15(11-13(19-20)14-7-4-10-23-14)18-16(22)17-12-5-2-1-3-6-12/h4,7,10-12,21H,1-3,5-6,8-9H2,(H2,17,18,22). The van der Waals surface area contributed by atoms with Gasteiger partial charge in [0.15, 0.2) is 0 Å². The topological polar surface area (TPSA) is 79.2 Å². The van der Waals surface area contributed by atoms with Crippen molar-refractivity contribution in [3.63, 3.8) is 0 Å². The van der Waals surface area contributed by atoms with Crippen LogP contribution in [0.2, 0.25) is 0 Å². The Balaban J connectivity index is 1.69. The maximum absolute atomic E-state index is 12.2. The molecule has 1 aliphatic rings. The average Bonchev–Trinajstić information content (AvgIpc) is 3.19. The zero-order chi connectivity index (χ0) is 16.1. The van der Waals surface area contributed by atoms with Crippen LogP contribution in [0.5, 0.6) is 0 Å². The van der Waals surface area contributed by atoms with Gasteiger partial charge in [0.2, 0.25) is 0 Å². The van der Waals surface area contributed by atoms with E-state index in [0.717, 1.165) is 23.4 Å². The Kier molecular flexibility index (Phi) is 5.30. The van der Waals surface area contributed by atoms with Crippen molar-refractivity contribution in [2.45, 2.75) is 44.7 Å². The molecule has 0 atom stereocenters. The summed E-state index contributed by atoms with van der Waals surface area (Å²) in [4.78, 5) is 13.2. The predicted octanol–water partition coefficient (Wildman–Crippen LogP) is 3.06. The van der Waals surface area contributed by atoms with E-state index in [4.69, 9.17) is 0 Å². The number of rotatable bonds is 5. The molecule has 0 radical (unpaired) electrons. The number of carbonyl (C=O) groups is 1. The number of urea groups is 1. The number of aliphatic hydroxyl groups is 1. The number of nitrogens with one attached hydrogen (secondary N) is 2. The largest absolute Gasteiger partial charge is 0.394 e. The first-order chi connectivity index (χ1) is 11.3. The zero-order valence-corrected chi connectivity index (χ0v) is 13.8. The van der Waals surface area contributed by atoms with Crippen molar-refractivity contribution in [1.29, 1.82) is 0 Å². The molecule has 0 saturated heterocycles. The van der Waals surface area contributed by atoms with E-state index in [1.54, 1.807) is 16.0 Å². The highest BCUT2D eigenvalue weighted by Gasteiger charge is 2.17. The van der Waals surface area contributed by atoms with Crippen molar-refractivity contribution < 1.29 is 9.90 Å². The van der Waals surface area contributed by atoms with E-state index in [1.165, 1.54) is 19.3 Å². The van der Waals surface area contributed by atoms with Crippen LogP contribution in [-0.2, 0) is 6.54 Å². The summed E-state index contributed by atoms with van der Waals surface area (Å²) in [5.41, 5.74) is 0.807. The number of aliphatic hydroxyl groups excluding tert-OH is 1. The Morgan fingerprint density at radius 1 is 1.39 bits per heavy atom. The third kappa shape index (κ3) is 4.11. The monoisotopic (exact) mass is 334 g/mol. The lowest BCUT2D eigenvalue weighted by molar-refractivity contribution is 0.243. The van der Waals surface area contributed by atoms with E-state index in [9.17, 15) is 9.90 Å². The normalized spacial score (nSPS) is 15.5. The average molecular weight is 334 g/mol. The van der Waals surface area contributed by atoms with Gasteiger partial charge in [-0.15, -0.1) is 11.3 Å². The van der Waals surface area contributed by atoms with E-state index >= 15 is 0 Å². The van der Waals surface area contributed by atoms with E-state index in [-0.39, 0.29) is 18.7 Å². The maximum atomic E-state index is 12.2. The summed E-state index contributed by atoms with van der Waals surface area (Å²) in [6.07, 6.45) is 5.70. The second-order valence-electron chi connectivity index (χ2n) is 5.77. The summed E-state index contributed by atoms with van der Waals surface area (Å²) in [6.45, 7) is 0.328. The Morgan fingerprint density at radius 3 is 2.91 bits per heavy atom.